The molecule has 0 aromatic heterocycles. The van der Waals surface area contributed by atoms with Gasteiger partial charge in [-0.1, -0.05) is 45.4 Å². The largest absolute Gasteiger partial charge is 0.506 e. The molecule has 0 radical (unpaired) electrons. The minimum absolute atomic E-state index is 0.0210. The molecule has 0 spiro atoms. The molecule has 0 bridgehead atoms. The fraction of sp³-hybridized carbons (Fsp3) is 0.500. The van der Waals surface area contributed by atoms with Crippen molar-refractivity contribution in [1.29, 1.82) is 0 Å². The Bertz CT molecular complexity index is 464. The highest BCUT2D eigenvalue weighted by Gasteiger charge is 2.28. The molecule has 1 aromatic carbocycles. The maximum atomic E-state index is 10.9. The standard InChI is InChI=1S/C14H19ClO3/c1-8(2)9-5-10(13(18)11(15)6-9)14(3,4)7-12(16)17/h5-6,8,18H,7H2,1-4H3,(H,16,17). The van der Waals surface area contributed by atoms with Crippen LogP contribution in [0.1, 0.15) is 51.2 Å². The molecule has 1 aromatic rings. The van der Waals surface area contributed by atoms with Crippen LogP contribution in [0.15, 0.2) is 12.1 Å². The van der Waals surface area contributed by atoms with Crippen LogP contribution >= 0.6 is 11.6 Å². The highest BCUT2D eigenvalue weighted by atomic mass is 35.5. The first-order valence-corrected chi connectivity index (χ1v) is 6.27. The molecule has 100 valence electrons. The minimum Gasteiger partial charge on any atom is -0.506 e. The van der Waals surface area contributed by atoms with E-state index in [1.165, 1.54) is 0 Å². The zero-order valence-electron chi connectivity index (χ0n) is 11.1. The van der Waals surface area contributed by atoms with E-state index in [9.17, 15) is 9.90 Å². The average molecular weight is 271 g/mol. The Hall–Kier alpha value is -1.22. The summed E-state index contributed by atoms with van der Waals surface area (Å²) in [4.78, 5) is 10.9. The number of hydrogen-bond donors (Lipinski definition) is 2. The third-order valence-corrected chi connectivity index (χ3v) is 3.36. The lowest BCUT2D eigenvalue weighted by Gasteiger charge is -2.26. The summed E-state index contributed by atoms with van der Waals surface area (Å²) in [6.07, 6.45) is -0.0571. The molecule has 4 heteroatoms. The number of benzene rings is 1. The molecule has 0 saturated heterocycles. The number of aromatic hydroxyl groups is 1. The lowest BCUT2D eigenvalue weighted by molar-refractivity contribution is -0.138. The Morgan fingerprint density at radius 2 is 1.94 bits per heavy atom. The van der Waals surface area contributed by atoms with Crippen LogP contribution in [0.4, 0.5) is 0 Å². The zero-order valence-corrected chi connectivity index (χ0v) is 11.9. The fourth-order valence-corrected chi connectivity index (χ4v) is 2.17. The van der Waals surface area contributed by atoms with Gasteiger partial charge < -0.3 is 10.2 Å². The van der Waals surface area contributed by atoms with E-state index in [0.29, 0.717) is 5.56 Å². The van der Waals surface area contributed by atoms with Crippen molar-refractivity contribution in [2.45, 2.75) is 45.4 Å². The van der Waals surface area contributed by atoms with E-state index in [2.05, 4.69) is 0 Å². The molecule has 0 unspecified atom stereocenters. The predicted molar refractivity (Wildman–Crippen MR) is 72.5 cm³/mol. The van der Waals surface area contributed by atoms with Crippen molar-refractivity contribution in [1.82, 2.24) is 0 Å². The molecule has 18 heavy (non-hydrogen) atoms. The Kier molecular flexibility index (Phi) is 4.28. The number of halogens is 1. The quantitative estimate of drug-likeness (QED) is 0.872. The molecule has 2 N–H and O–H groups in total. The lowest BCUT2D eigenvalue weighted by Crippen LogP contribution is -2.22. The number of carbonyl (C=O) groups is 1. The fourth-order valence-electron chi connectivity index (χ4n) is 1.94. The molecule has 0 saturated carbocycles. The van der Waals surface area contributed by atoms with Gasteiger partial charge in [0.1, 0.15) is 5.75 Å². The van der Waals surface area contributed by atoms with Crippen LogP contribution in [0.3, 0.4) is 0 Å². The smallest absolute Gasteiger partial charge is 0.304 e. The van der Waals surface area contributed by atoms with E-state index < -0.39 is 11.4 Å². The monoisotopic (exact) mass is 270 g/mol. The van der Waals surface area contributed by atoms with E-state index in [1.54, 1.807) is 19.9 Å². The van der Waals surface area contributed by atoms with Crippen molar-refractivity contribution < 1.29 is 15.0 Å². The van der Waals surface area contributed by atoms with Crippen LogP contribution in [0, 0.1) is 0 Å². The first kappa shape index (κ1) is 14.8. The third kappa shape index (κ3) is 3.16. The van der Waals surface area contributed by atoms with Crippen LogP contribution in [-0.4, -0.2) is 16.2 Å². The van der Waals surface area contributed by atoms with Gasteiger partial charge in [0.15, 0.2) is 0 Å². The van der Waals surface area contributed by atoms with Crippen LogP contribution in [0.2, 0.25) is 5.02 Å². The second kappa shape index (κ2) is 5.19. The van der Waals surface area contributed by atoms with Crippen molar-refractivity contribution in [3.63, 3.8) is 0 Å². The summed E-state index contributed by atoms with van der Waals surface area (Å²) >= 11 is 6.01. The number of carboxylic acids is 1. The predicted octanol–water partition coefficient (Wildman–Crippen LogP) is 3.92. The molecule has 0 aliphatic heterocycles. The molecular weight excluding hydrogens is 252 g/mol. The van der Waals surface area contributed by atoms with Crippen LogP contribution < -0.4 is 0 Å². The number of phenolic OH excluding ortho intramolecular Hbond substituents is 1. The van der Waals surface area contributed by atoms with Gasteiger partial charge in [-0.2, -0.15) is 0 Å². The summed E-state index contributed by atoms with van der Waals surface area (Å²) in [6, 6.07) is 3.57. The maximum Gasteiger partial charge on any atom is 0.304 e. The Morgan fingerprint density at radius 3 is 2.39 bits per heavy atom. The summed E-state index contributed by atoms with van der Waals surface area (Å²) in [5, 5.41) is 19.2. The summed E-state index contributed by atoms with van der Waals surface area (Å²) in [5.41, 5.74) is 0.914. The molecule has 0 atom stereocenters. The number of carboxylic acid groups (broad SMARTS) is 1. The molecule has 1 rings (SSSR count). The second-order valence-electron chi connectivity index (χ2n) is 5.51. The third-order valence-electron chi connectivity index (χ3n) is 3.07. The SMILES string of the molecule is CC(C)c1cc(Cl)c(O)c(C(C)(C)CC(=O)O)c1. The summed E-state index contributed by atoms with van der Waals surface area (Å²) in [6.45, 7) is 7.63. The summed E-state index contributed by atoms with van der Waals surface area (Å²) in [7, 11) is 0. The number of aliphatic carboxylic acids is 1. The zero-order chi connectivity index (χ0) is 14.1. The van der Waals surface area contributed by atoms with Crippen LogP contribution in [0.25, 0.3) is 0 Å². The highest BCUT2D eigenvalue weighted by molar-refractivity contribution is 6.32. The van der Waals surface area contributed by atoms with E-state index in [-0.39, 0.29) is 23.1 Å². The van der Waals surface area contributed by atoms with Crippen molar-refractivity contribution in [3.8, 4) is 5.75 Å². The lowest BCUT2D eigenvalue weighted by atomic mass is 9.79. The molecule has 3 nitrogen and oxygen atoms in total. The van der Waals surface area contributed by atoms with Gasteiger partial charge in [-0.3, -0.25) is 4.79 Å². The first-order valence-electron chi connectivity index (χ1n) is 5.90. The molecule has 0 heterocycles. The van der Waals surface area contributed by atoms with Gasteiger partial charge in [0.25, 0.3) is 0 Å². The van der Waals surface area contributed by atoms with E-state index in [1.807, 2.05) is 19.9 Å². The van der Waals surface area contributed by atoms with E-state index in [0.717, 1.165) is 5.56 Å². The first-order chi connectivity index (χ1) is 8.15. The van der Waals surface area contributed by atoms with Gasteiger partial charge in [0.2, 0.25) is 0 Å². The van der Waals surface area contributed by atoms with Crippen LogP contribution in [-0.2, 0) is 10.2 Å². The summed E-state index contributed by atoms with van der Waals surface area (Å²) < 4.78 is 0. The van der Waals surface area contributed by atoms with Crippen molar-refractivity contribution >= 4 is 17.6 Å². The molecule has 0 fully saturated rings. The average Bonchev–Trinajstić information content (AvgIpc) is 2.19. The number of rotatable bonds is 4. The number of hydrogen-bond acceptors (Lipinski definition) is 2. The van der Waals surface area contributed by atoms with Crippen molar-refractivity contribution in [2.24, 2.45) is 0 Å². The topological polar surface area (TPSA) is 57.5 Å². The number of phenols is 1. The van der Waals surface area contributed by atoms with Gasteiger partial charge in [-0.25, -0.2) is 0 Å². The molecule has 0 amide bonds. The van der Waals surface area contributed by atoms with Crippen molar-refractivity contribution in [3.05, 3.63) is 28.3 Å². The normalized spacial score (nSPS) is 11.9. The van der Waals surface area contributed by atoms with Gasteiger partial charge in [-0.05, 0) is 17.5 Å². The van der Waals surface area contributed by atoms with Crippen molar-refractivity contribution in [2.75, 3.05) is 0 Å². The summed E-state index contributed by atoms with van der Waals surface area (Å²) in [5.74, 6) is -0.653. The van der Waals surface area contributed by atoms with Gasteiger partial charge in [0, 0.05) is 11.0 Å². The molecule has 0 aliphatic carbocycles. The Labute approximate surface area is 112 Å². The van der Waals surface area contributed by atoms with Crippen LogP contribution in [0.5, 0.6) is 5.75 Å². The second-order valence-corrected chi connectivity index (χ2v) is 5.92. The highest BCUT2D eigenvalue weighted by Crippen LogP contribution is 2.40. The van der Waals surface area contributed by atoms with Gasteiger partial charge >= 0.3 is 5.97 Å². The Balaban J connectivity index is 3.34. The van der Waals surface area contributed by atoms with Gasteiger partial charge in [-0.15, -0.1) is 0 Å². The van der Waals surface area contributed by atoms with E-state index >= 15 is 0 Å². The molecule has 0 aliphatic rings. The maximum absolute atomic E-state index is 10.9. The molecular formula is C14H19ClO3. The Morgan fingerprint density at radius 1 is 1.39 bits per heavy atom. The van der Waals surface area contributed by atoms with E-state index in [4.69, 9.17) is 16.7 Å². The minimum atomic E-state index is -0.898. The van der Waals surface area contributed by atoms with Gasteiger partial charge in [0.05, 0.1) is 11.4 Å².